The molecule has 1 saturated carbocycles. The molecule has 0 radical (unpaired) electrons. The summed E-state index contributed by atoms with van der Waals surface area (Å²) < 4.78 is 11.0. The first-order chi connectivity index (χ1) is 10.2. The van der Waals surface area contributed by atoms with E-state index in [-0.39, 0.29) is 24.0 Å². The third kappa shape index (κ3) is 2.82. The van der Waals surface area contributed by atoms with E-state index in [9.17, 15) is 4.79 Å². The van der Waals surface area contributed by atoms with Gasteiger partial charge in [0, 0.05) is 42.1 Å². The van der Waals surface area contributed by atoms with Gasteiger partial charge in [0.1, 0.15) is 0 Å². The lowest BCUT2D eigenvalue weighted by Crippen LogP contribution is -2.62. The van der Waals surface area contributed by atoms with Crippen molar-refractivity contribution in [3.8, 4) is 0 Å². The fourth-order valence-corrected chi connectivity index (χ4v) is 3.82. The maximum absolute atomic E-state index is 12.4. The molecule has 1 aromatic carbocycles. The highest BCUT2D eigenvalue weighted by Crippen LogP contribution is 2.43. The Balaban J connectivity index is 1.65. The van der Waals surface area contributed by atoms with Crippen LogP contribution in [0.2, 0.25) is 0 Å². The Morgan fingerprint density at radius 3 is 2.86 bits per heavy atom. The zero-order chi connectivity index (χ0) is 14.8. The Labute approximate surface area is 129 Å². The Kier molecular flexibility index (Phi) is 4.52. The first-order valence-electron chi connectivity index (χ1n) is 7.30. The van der Waals surface area contributed by atoms with Gasteiger partial charge in [0.2, 0.25) is 0 Å². The predicted molar refractivity (Wildman–Crippen MR) is 82.7 cm³/mol. The topological polar surface area (TPSA) is 47.6 Å². The van der Waals surface area contributed by atoms with E-state index in [0.717, 1.165) is 17.9 Å². The van der Waals surface area contributed by atoms with Crippen LogP contribution in [0.5, 0.6) is 0 Å². The van der Waals surface area contributed by atoms with Gasteiger partial charge in [-0.2, -0.15) is 0 Å². The van der Waals surface area contributed by atoms with Crippen LogP contribution in [0.3, 0.4) is 0 Å². The van der Waals surface area contributed by atoms with Gasteiger partial charge in [0.05, 0.1) is 12.7 Å². The largest absolute Gasteiger partial charge is 0.384 e. The molecule has 114 valence electrons. The molecular weight excluding hydrogens is 286 g/mol. The molecule has 1 aromatic rings. The smallest absolute Gasteiger partial charge is 0.251 e. The average Bonchev–Trinajstić information content (AvgIpc) is 2.94. The molecule has 1 aliphatic heterocycles. The van der Waals surface area contributed by atoms with Crippen molar-refractivity contribution >= 4 is 17.7 Å². The second kappa shape index (κ2) is 6.38. The quantitative estimate of drug-likeness (QED) is 0.847. The number of ether oxygens (including phenoxy) is 2. The maximum Gasteiger partial charge on any atom is 0.251 e. The number of thioether (sulfide) groups is 1. The second-order valence-corrected chi connectivity index (χ2v) is 6.51. The summed E-state index contributed by atoms with van der Waals surface area (Å²) in [6.45, 7) is 1.43. The molecule has 4 nitrogen and oxygen atoms in total. The molecule has 5 heteroatoms. The summed E-state index contributed by atoms with van der Waals surface area (Å²) in [6.07, 6.45) is 3.31. The summed E-state index contributed by atoms with van der Waals surface area (Å²) in [7, 11) is 1.70. The third-order valence-electron chi connectivity index (χ3n) is 4.54. The number of methoxy groups -OCH3 is 1. The minimum absolute atomic E-state index is 0.000828. The van der Waals surface area contributed by atoms with Gasteiger partial charge in [-0.1, -0.05) is 0 Å². The number of carbonyl (C=O) groups is 1. The number of nitrogens with one attached hydrogen (secondary N) is 1. The molecule has 0 aromatic heterocycles. The van der Waals surface area contributed by atoms with E-state index in [4.69, 9.17) is 9.47 Å². The summed E-state index contributed by atoms with van der Waals surface area (Å²) in [4.78, 5) is 13.5. The number of hydrogen-bond donors (Lipinski definition) is 1. The van der Waals surface area contributed by atoms with Crippen molar-refractivity contribution in [2.75, 3.05) is 26.6 Å². The van der Waals surface area contributed by atoms with Gasteiger partial charge < -0.3 is 14.8 Å². The van der Waals surface area contributed by atoms with Gasteiger partial charge in [-0.05, 0) is 36.9 Å². The summed E-state index contributed by atoms with van der Waals surface area (Å²) >= 11 is 1.67. The zero-order valence-electron chi connectivity index (χ0n) is 12.4. The molecule has 1 aliphatic carbocycles. The Morgan fingerprint density at radius 2 is 2.19 bits per heavy atom. The fraction of sp³-hybridized carbons (Fsp3) is 0.562. The number of rotatable bonds is 5. The van der Waals surface area contributed by atoms with E-state index >= 15 is 0 Å². The van der Waals surface area contributed by atoms with Crippen molar-refractivity contribution in [1.29, 1.82) is 0 Å². The lowest BCUT2D eigenvalue weighted by Gasteiger charge is -2.47. The SMILES string of the molecule is COC[C@@H]1[C@H](NC(=O)c2ccc(SC)cc2)[C@H]2CCO[C@H]21. The van der Waals surface area contributed by atoms with Gasteiger partial charge in [-0.15, -0.1) is 11.8 Å². The fourth-order valence-electron chi connectivity index (χ4n) is 3.41. The van der Waals surface area contributed by atoms with Crippen LogP contribution in [0.1, 0.15) is 16.8 Å². The van der Waals surface area contributed by atoms with Gasteiger partial charge >= 0.3 is 0 Å². The van der Waals surface area contributed by atoms with E-state index < -0.39 is 0 Å². The van der Waals surface area contributed by atoms with Crippen LogP contribution in [0.15, 0.2) is 29.2 Å². The Hall–Kier alpha value is -1.04. The van der Waals surface area contributed by atoms with Crippen molar-refractivity contribution in [3.05, 3.63) is 29.8 Å². The van der Waals surface area contributed by atoms with Crippen molar-refractivity contribution < 1.29 is 14.3 Å². The van der Waals surface area contributed by atoms with Crippen LogP contribution in [-0.2, 0) is 9.47 Å². The summed E-state index contributed by atoms with van der Waals surface area (Å²) in [5.41, 5.74) is 0.714. The van der Waals surface area contributed by atoms with Crippen LogP contribution in [0, 0.1) is 11.8 Å². The van der Waals surface area contributed by atoms with Crippen molar-refractivity contribution in [3.63, 3.8) is 0 Å². The highest BCUT2D eigenvalue weighted by molar-refractivity contribution is 7.98. The van der Waals surface area contributed by atoms with E-state index in [0.29, 0.717) is 18.1 Å². The van der Waals surface area contributed by atoms with E-state index in [2.05, 4.69) is 5.32 Å². The van der Waals surface area contributed by atoms with Gasteiger partial charge in [0.15, 0.2) is 0 Å². The maximum atomic E-state index is 12.4. The first kappa shape index (κ1) is 14.9. The van der Waals surface area contributed by atoms with Crippen LogP contribution >= 0.6 is 11.8 Å². The number of hydrogen-bond acceptors (Lipinski definition) is 4. The number of amides is 1. The Bertz CT molecular complexity index is 505. The monoisotopic (exact) mass is 307 g/mol. The molecular formula is C16H21NO3S. The first-order valence-corrected chi connectivity index (χ1v) is 8.52. The molecule has 2 aliphatic rings. The zero-order valence-corrected chi connectivity index (χ0v) is 13.2. The lowest BCUT2D eigenvalue weighted by molar-refractivity contribution is -0.0809. The molecule has 1 saturated heterocycles. The molecule has 2 fully saturated rings. The molecule has 21 heavy (non-hydrogen) atoms. The van der Waals surface area contributed by atoms with Crippen LogP contribution < -0.4 is 5.32 Å². The minimum atomic E-state index is -0.000828. The Morgan fingerprint density at radius 1 is 1.43 bits per heavy atom. The predicted octanol–water partition coefficient (Wildman–Crippen LogP) is 2.19. The number of benzene rings is 1. The van der Waals surface area contributed by atoms with E-state index in [1.54, 1.807) is 18.9 Å². The summed E-state index contributed by atoms with van der Waals surface area (Å²) in [5.74, 6) is 0.718. The molecule has 3 rings (SSSR count). The highest BCUT2D eigenvalue weighted by Gasteiger charge is 2.54. The third-order valence-corrected chi connectivity index (χ3v) is 5.28. The second-order valence-electron chi connectivity index (χ2n) is 5.63. The van der Waals surface area contributed by atoms with Crippen molar-refractivity contribution in [1.82, 2.24) is 5.32 Å². The normalized spacial score (nSPS) is 30.6. The van der Waals surface area contributed by atoms with Crippen LogP contribution in [0.4, 0.5) is 0 Å². The number of carbonyl (C=O) groups excluding carboxylic acids is 1. The number of fused-ring (bicyclic) bond motifs is 1. The summed E-state index contributed by atoms with van der Waals surface area (Å²) in [5, 5.41) is 3.17. The lowest BCUT2D eigenvalue weighted by atomic mass is 9.67. The molecule has 1 N–H and O–H groups in total. The van der Waals surface area contributed by atoms with E-state index in [1.807, 2.05) is 30.5 Å². The van der Waals surface area contributed by atoms with Crippen LogP contribution in [-0.4, -0.2) is 44.6 Å². The molecule has 4 atom stereocenters. The van der Waals surface area contributed by atoms with Crippen molar-refractivity contribution in [2.45, 2.75) is 23.5 Å². The van der Waals surface area contributed by atoms with Gasteiger partial charge in [-0.25, -0.2) is 0 Å². The molecule has 1 heterocycles. The van der Waals surface area contributed by atoms with E-state index in [1.165, 1.54) is 0 Å². The van der Waals surface area contributed by atoms with Gasteiger partial charge in [-0.3, -0.25) is 4.79 Å². The molecule has 0 spiro atoms. The van der Waals surface area contributed by atoms with Gasteiger partial charge in [0.25, 0.3) is 5.91 Å². The molecule has 1 amide bonds. The molecule has 0 bridgehead atoms. The minimum Gasteiger partial charge on any atom is -0.384 e. The summed E-state index contributed by atoms with van der Waals surface area (Å²) in [6, 6.07) is 7.90. The molecule has 0 unspecified atom stereocenters. The van der Waals surface area contributed by atoms with Crippen LogP contribution in [0.25, 0.3) is 0 Å². The standard InChI is InChI=1S/C16H21NO3S/c1-19-9-13-14(12-7-8-20-15(12)13)17-16(18)10-3-5-11(21-2)6-4-10/h3-6,12-15H,7-9H2,1-2H3,(H,17,18)/t12-,13-,14-,15-/m1/s1. The van der Waals surface area contributed by atoms with Crippen molar-refractivity contribution in [2.24, 2.45) is 11.8 Å². The highest BCUT2D eigenvalue weighted by atomic mass is 32.2. The average molecular weight is 307 g/mol.